The molecule has 1 aliphatic carbocycles. The number of benzene rings is 1. The number of hydrogen-bond donors (Lipinski definition) is 1. The van der Waals surface area contributed by atoms with Crippen LogP contribution in [-0.4, -0.2) is 41.2 Å². The van der Waals surface area contributed by atoms with E-state index in [9.17, 15) is 19.2 Å². The van der Waals surface area contributed by atoms with Crippen molar-refractivity contribution < 1.29 is 23.9 Å². The number of hydrogen-bond acceptors (Lipinski definition) is 5. The zero-order valence-corrected chi connectivity index (χ0v) is 18.8. The van der Waals surface area contributed by atoms with Crippen LogP contribution in [0.1, 0.15) is 33.1 Å². The first-order valence-corrected chi connectivity index (χ1v) is 10.9. The molecule has 1 N–H and O–H groups in total. The second-order valence-corrected chi connectivity index (χ2v) is 8.97. The number of rotatable bonds is 7. The number of halogens is 2. The largest absolute Gasteiger partial charge is 0.454 e. The SMILES string of the molecule is CC(C)CC(C(=O)OCC(=O)Nc1ccc(Cl)cc1Cl)N1C(=O)C2CC=CCC2C1=O. The monoisotopic (exact) mass is 466 g/mol. The van der Waals surface area contributed by atoms with Gasteiger partial charge in [-0.05, 0) is 43.4 Å². The van der Waals surface area contributed by atoms with Gasteiger partial charge in [0, 0.05) is 5.02 Å². The summed E-state index contributed by atoms with van der Waals surface area (Å²) in [5.41, 5.74) is 0.326. The number of nitrogens with zero attached hydrogens (tertiary/aromatic N) is 1. The normalized spacial score (nSPS) is 21.3. The van der Waals surface area contributed by atoms with E-state index in [1.165, 1.54) is 12.1 Å². The summed E-state index contributed by atoms with van der Waals surface area (Å²) in [4.78, 5) is 51.9. The Kier molecular flexibility index (Phi) is 7.38. The van der Waals surface area contributed by atoms with Crippen LogP contribution < -0.4 is 5.32 Å². The molecular formula is C22H24Cl2N2O5. The van der Waals surface area contributed by atoms with Gasteiger partial charge in [-0.15, -0.1) is 0 Å². The molecule has 0 radical (unpaired) electrons. The summed E-state index contributed by atoms with van der Waals surface area (Å²) in [6.45, 7) is 3.20. The first kappa shape index (κ1) is 23.3. The van der Waals surface area contributed by atoms with Gasteiger partial charge in [0.1, 0.15) is 6.04 Å². The van der Waals surface area contributed by atoms with Crippen LogP contribution in [0.15, 0.2) is 30.4 Å². The quantitative estimate of drug-likeness (QED) is 0.374. The lowest BCUT2D eigenvalue weighted by atomic mass is 9.85. The molecule has 1 heterocycles. The van der Waals surface area contributed by atoms with Gasteiger partial charge in [-0.3, -0.25) is 19.3 Å². The molecule has 1 aromatic rings. The number of nitrogens with one attached hydrogen (secondary N) is 1. The summed E-state index contributed by atoms with van der Waals surface area (Å²) in [7, 11) is 0. The number of esters is 1. The predicted octanol–water partition coefficient (Wildman–Crippen LogP) is 3.84. The number of amides is 3. The van der Waals surface area contributed by atoms with Crippen molar-refractivity contribution in [3.63, 3.8) is 0 Å². The van der Waals surface area contributed by atoms with Crippen molar-refractivity contribution in [1.29, 1.82) is 0 Å². The highest BCUT2D eigenvalue weighted by molar-refractivity contribution is 6.36. The highest BCUT2D eigenvalue weighted by atomic mass is 35.5. The van der Waals surface area contributed by atoms with Crippen molar-refractivity contribution in [2.45, 2.75) is 39.2 Å². The van der Waals surface area contributed by atoms with E-state index in [1.807, 2.05) is 26.0 Å². The number of anilines is 1. The van der Waals surface area contributed by atoms with Gasteiger partial charge < -0.3 is 10.1 Å². The molecule has 3 unspecified atom stereocenters. The molecule has 0 saturated carbocycles. The van der Waals surface area contributed by atoms with Crippen molar-refractivity contribution in [3.05, 3.63) is 40.4 Å². The predicted molar refractivity (Wildman–Crippen MR) is 117 cm³/mol. The maximum Gasteiger partial charge on any atom is 0.329 e. The third kappa shape index (κ3) is 5.28. The standard InChI is InChI=1S/C22H24Cl2N2O5/c1-12(2)9-18(26-20(28)14-5-3-4-6-15(14)21(26)29)22(30)31-11-19(27)25-17-8-7-13(23)10-16(17)24/h3-4,7-8,10,12,14-15,18H,5-6,9,11H2,1-2H3,(H,25,27). The lowest BCUT2D eigenvalue weighted by molar-refractivity contribution is -0.160. The van der Waals surface area contributed by atoms with Gasteiger partial charge >= 0.3 is 5.97 Å². The first-order valence-electron chi connectivity index (χ1n) is 10.1. The van der Waals surface area contributed by atoms with E-state index in [-0.39, 0.29) is 29.2 Å². The zero-order valence-electron chi connectivity index (χ0n) is 17.3. The molecule has 0 bridgehead atoms. The first-order chi connectivity index (χ1) is 14.7. The van der Waals surface area contributed by atoms with Crippen LogP contribution >= 0.6 is 23.2 Å². The fourth-order valence-corrected chi connectivity index (χ4v) is 4.35. The van der Waals surface area contributed by atoms with Crippen LogP contribution in [0.2, 0.25) is 10.0 Å². The summed E-state index contributed by atoms with van der Waals surface area (Å²) in [6.07, 6.45) is 5.00. The summed E-state index contributed by atoms with van der Waals surface area (Å²) < 4.78 is 5.18. The van der Waals surface area contributed by atoms with Crippen LogP contribution in [-0.2, 0) is 23.9 Å². The zero-order chi connectivity index (χ0) is 22.7. The Hall–Kier alpha value is -2.38. The minimum atomic E-state index is -1.06. The molecule has 3 rings (SSSR count). The number of imide groups is 1. The Morgan fingerprint density at radius 1 is 1.13 bits per heavy atom. The molecular weight excluding hydrogens is 443 g/mol. The Morgan fingerprint density at radius 2 is 1.74 bits per heavy atom. The summed E-state index contributed by atoms with van der Waals surface area (Å²) >= 11 is 11.9. The molecule has 31 heavy (non-hydrogen) atoms. The van der Waals surface area contributed by atoms with Crippen LogP contribution in [0.5, 0.6) is 0 Å². The third-order valence-electron chi connectivity index (χ3n) is 5.37. The Balaban J connectivity index is 1.67. The second kappa shape index (κ2) is 9.83. The number of carbonyl (C=O) groups is 4. The molecule has 7 nitrogen and oxygen atoms in total. The van der Waals surface area contributed by atoms with Gasteiger partial charge in [0.05, 0.1) is 22.5 Å². The van der Waals surface area contributed by atoms with E-state index in [0.29, 0.717) is 23.6 Å². The Morgan fingerprint density at radius 3 is 2.29 bits per heavy atom. The van der Waals surface area contributed by atoms with Crippen LogP contribution in [0.25, 0.3) is 0 Å². The second-order valence-electron chi connectivity index (χ2n) is 8.13. The molecule has 1 aromatic carbocycles. The lowest BCUT2D eigenvalue weighted by Gasteiger charge is -2.26. The van der Waals surface area contributed by atoms with E-state index in [1.54, 1.807) is 6.07 Å². The van der Waals surface area contributed by atoms with Gasteiger partial charge in [-0.25, -0.2) is 4.79 Å². The maximum atomic E-state index is 12.9. The molecule has 3 atom stereocenters. The molecule has 2 aliphatic rings. The van der Waals surface area contributed by atoms with E-state index >= 15 is 0 Å². The van der Waals surface area contributed by atoms with E-state index < -0.39 is 36.4 Å². The highest BCUT2D eigenvalue weighted by Gasteiger charge is 2.51. The van der Waals surface area contributed by atoms with E-state index in [4.69, 9.17) is 27.9 Å². The summed E-state index contributed by atoms with van der Waals surface area (Å²) in [5, 5.41) is 3.20. The van der Waals surface area contributed by atoms with Gasteiger partial charge in [-0.1, -0.05) is 49.2 Å². The maximum absolute atomic E-state index is 12.9. The van der Waals surface area contributed by atoms with Crippen molar-refractivity contribution in [2.75, 3.05) is 11.9 Å². The van der Waals surface area contributed by atoms with Gasteiger partial charge in [-0.2, -0.15) is 0 Å². The average Bonchev–Trinajstić information content (AvgIpc) is 2.97. The number of likely N-dealkylation sites (tertiary alicyclic amines) is 1. The molecule has 0 aromatic heterocycles. The van der Waals surface area contributed by atoms with Crippen molar-refractivity contribution in [1.82, 2.24) is 4.90 Å². The number of allylic oxidation sites excluding steroid dienone is 2. The number of carbonyl (C=O) groups excluding carboxylic acids is 4. The fourth-order valence-electron chi connectivity index (χ4n) is 3.90. The smallest absolute Gasteiger partial charge is 0.329 e. The molecule has 0 spiro atoms. The Labute approximate surface area is 190 Å². The van der Waals surface area contributed by atoms with Crippen molar-refractivity contribution in [3.8, 4) is 0 Å². The van der Waals surface area contributed by atoms with Gasteiger partial charge in [0.15, 0.2) is 6.61 Å². The minimum Gasteiger partial charge on any atom is -0.454 e. The number of fused-ring (bicyclic) bond motifs is 1. The molecule has 1 aliphatic heterocycles. The lowest BCUT2D eigenvalue weighted by Crippen LogP contribution is -2.47. The van der Waals surface area contributed by atoms with Crippen LogP contribution in [0, 0.1) is 17.8 Å². The molecule has 1 saturated heterocycles. The average molecular weight is 467 g/mol. The number of ether oxygens (including phenoxy) is 1. The molecule has 166 valence electrons. The molecule has 9 heteroatoms. The van der Waals surface area contributed by atoms with Crippen molar-refractivity contribution in [2.24, 2.45) is 17.8 Å². The fraction of sp³-hybridized carbons (Fsp3) is 0.455. The minimum absolute atomic E-state index is 0.0283. The van der Waals surface area contributed by atoms with Gasteiger partial charge in [0.25, 0.3) is 5.91 Å². The third-order valence-corrected chi connectivity index (χ3v) is 5.92. The van der Waals surface area contributed by atoms with Gasteiger partial charge in [0.2, 0.25) is 11.8 Å². The Bertz CT molecular complexity index is 904. The van der Waals surface area contributed by atoms with Crippen LogP contribution in [0.4, 0.5) is 5.69 Å². The van der Waals surface area contributed by atoms with E-state index in [0.717, 1.165) is 4.90 Å². The topological polar surface area (TPSA) is 92.8 Å². The summed E-state index contributed by atoms with van der Waals surface area (Å²) in [5.74, 6) is -2.91. The van der Waals surface area contributed by atoms with Crippen LogP contribution in [0.3, 0.4) is 0 Å². The molecule has 3 amide bonds. The molecule has 1 fully saturated rings. The van der Waals surface area contributed by atoms with Crippen molar-refractivity contribution >= 4 is 52.6 Å². The highest BCUT2D eigenvalue weighted by Crippen LogP contribution is 2.37. The summed E-state index contributed by atoms with van der Waals surface area (Å²) in [6, 6.07) is 3.51. The van der Waals surface area contributed by atoms with E-state index in [2.05, 4.69) is 5.32 Å².